The van der Waals surface area contributed by atoms with Gasteiger partial charge in [-0.3, -0.25) is 4.57 Å². The molecule has 3 aliphatic rings. The third kappa shape index (κ3) is 4.54. The summed E-state index contributed by atoms with van der Waals surface area (Å²) in [6.45, 7) is 4.27. The standard InChI is InChI=1S/C48H33N3O2S/c1-3-30-31-16-7-9-20-38(31)51(48-49-44(29-14-5-4-6-15-29)47-45(50-48)33-17-8-10-22-41(33)54-47)37(30)21-11-13-28-23-25-40-36(27-28)43-34-19-12-18-32-39(52-2)26-24-35(42(32)34)46(43)53-40/h3-12,14-27,32,39H,1,13H2,2H3/b21-11-. The van der Waals surface area contributed by atoms with Gasteiger partial charge in [-0.25, -0.2) is 9.97 Å². The maximum absolute atomic E-state index is 6.54. The lowest BCUT2D eigenvalue weighted by Crippen LogP contribution is -2.24. The van der Waals surface area contributed by atoms with Crippen molar-refractivity contribution in [2.24, 2.45) is 5.92 Å². The van der Waals surface area contributed by atoms with Gasteiger partial charge >= 0.3 is 0 Å². The lowest BCUT2D eigenvalue weighted by molar-refractivity contribution is 0.118. The van der Waals surface area contributed by atoms with Crippen molar-refractivity contribution in [2.45, 2.75) is 12.5 Å². The number of methoxy groups -OCH3 is 1. The number of rotatable bonds is 7. The van der Waals surface area contributed by atoms with Crippen LogP contribution in [0.5, 0.6) is 0 Å². The normalized spacial score (nSPS) is 17.4. The Morgan fingerprint density at radius 3 is 2.61 bits per heavy atom. The Labute approximate surface area is 315 Å². The molecule has 4 heterocycles. The van der Waals surface area contributed by atoms with Crippen LogP contribution < -0.4 is 0 Å². The van der Waals surface area contributed by atoms with Gasteiger partial charge in [-0.1, -0.05) is 122 Å². The maximum Gasteiger partial charge on any atom is 0.235 e. The third-order valence-corrected chi connectivity index (χ3v) is 12.2. The molecule has 0 spiro atoms. The van der Waals surface area contributed by atoms with Gasteiger partial charge in [0.25, 0.3) is 0 Å². The second-order valence-corrected chi connectivity index (χ2v) is 15.0. The van der Waals surface area contributed by atoms with E-state index < -0.39 is 0 Å². The molecule has 4 aromatic heterocycles. The molecule has 0 fully saturated rings. The van der Waals surface area contributed by atoms with E-state index in [2.05, 4.69) is 145 Å². The summed E-state index contributed by atoms with van der Waals surface area (Å²) in [6.07, 6.45) is 18.1. The van der Waals surface area contributed by atoms with Crippen LogP contribution in [0, 0.1) is 5.92 Å². The minimum absolute atomic E-state index is 0.0255. The van der Waals surface area contributed by atoms with E-state index in [4.69, 9.17) is 19.1 Å². The van der Waals surface area contributed by atoms with E-state index in [1.165, 1.54) is 32.5 Å². The average molecular weight is 716 g/mol. The molecule has 4 aromatic carbocycles. The predicted molar refractivity (Wildman–Crippen MR) is 224 cm³/mol. The van der Waals surface area contributed by atoms with Crippen LogP contribution in [-0.2, 0) is 11.2 Å². The molecule has 0 amide bonds. The fourth-order valence-electron chi connectivity index (χ4n) is 8.66. The van der Waals surface area contributed by atoms with E-state index >= 15 is 0 Å². The molecule has 54 heavy (non-hydrogen) atoms. The van der Waals surface area contributed by atoms with Gasteiger partial charge in [0.15, 0.2) is 0 Å². The van der Waals surface area contributed by atoms with Crippen molar-refractivity contribution in [2.75, 3.05) is 7.11 Å². The number of furan rings is 1. The van der Waals surface area contributed by atoms with Crippen LogP contribution in [0.25, 0.3) is 82.7 Å². The molecule has 3 aliphatic carbocycles. The van der Waals surface area contributed by atoms with E-state index in [-0.39, 0.29) is 12.0 Å². The quantitative estimate of drug-likeness (QED) is 0.165. The molecule has 258 valence electrons. The van der Waals surface area contributed by atoms with Gasteiger partial charge in [0, 0.05) is 56.1 Å². The highest BCUT2D eigenvalue weighted by atomic mass is 32.1. The minimum atomic E-state index is 0.0255. The Bertz CT molecular complexity index is 3040. The van der Waals surface area contributed by atoms with Crippen LogP contribution in [0.3, 0.4) is 0 Å². The number of allylic oxidation sites excluding steroid dienone is 6. The Balaban J connectivity index is 1.03. The lowest BCUT2D eigenvalue weighted by Gasteiger charge is -2.28. The number of benzene rings is 4. The number of hydrogen-bond donors (Lipinski definition) is 0. The monoisotopic (exact) mass is 715 g/mol. The Morgan fingerprint density at radius 1 is 0.907 bits per heavy atom. The summed E-state index contributed by atoms with van der Waals surface area (Å²) in [5.41, 5.74) is 13.1. The SMILES string of the molecule is C=Cc1c(/C=C\Cc2ccc3oc4c(c3c2)C2=CC=CC3C2=C4C=CC3OC)n(-c2nc(-c3ccccc3)c3sc4ccccc4c3n2)c2ccccc12. The van der Waals surface area contributed by atoms with Gasteiger partial charge in [0.2, 0.25) is 5.95 Å². The summed E-state index contributed by atoms with van der Waals surface area (Å²) in [5, 5.41) is 3.39. The van der Waals surface area contributed by atoms with Gasteiger partial charge in [0.05, 0.1) is 33.2 Å². The van der Waals surface area contributed by atoms with Crippen molar-refractivity contribution in [3.63, 3.8) is 0 Å². The number of hydrogen-bond acceptors (Lipinski definition) is 5. The first-order valence-electron chi connectivity index (χ1n) is 18.3. The predicted octanol–water partition coefficient (Wildman–Crippen LogP) is 12.0. The first kappa shape index (κ1) is 31.2. The maximum atomic E-state index is 6.54. The number of nitrogens with zero attached hydrogens (tertiary/aromatic N) is 3. The molecule has 8 aromatic rings. The molecule has 11 rings (SSSR count). The molecule has 0 saturated carbocycles. The molecule has 2 atom stereocenters. The molecule has 6 heteroatoms. The van der Waals surface area contributed by atoms with Gasteiger partial charge in [-0.05, 0) is 53.5 Å². The Morgan fingerprint density at radius 2 is 1.74 bits per heavy atom. The summed E-state index contributed by atoms with van der Waals surface area (Å²) < 4.78 is 16.9. The summed E-state index contributed by atoms with van der Waals surface area (Å²) in [4.78, 5) is 10.7. The van der Waals surface area contributed by atoms with E-state index in [1.54, 1.807) is 18.4 Å². The second-order valence-electron chi connectivity index (χ2n) is 14.0. The number of aromatic nitrogens is 3. The number of ether oxygens (including phenoxy) is 1. The smallest absolute Gasteiger partial charge is 0.235 e. The van der Waals surface area contributed by atoms with Gasteiger partial charge in [-0.15, -0.1) is 11.3 Å². The third-order valence-electron chi connectivity index (χ3n) is 11.1. The number of fused-ring (bicyclic) bond motifs is 9. The van der Waals surface area contributed by atoms with Crippen molar-refractivity contribution < 1.29 is 9.15 Å². The number of para-hydroxylation sites is 1. The van der Waals surface area contributed by atoms with Crippen LogP contribution in [0.15, 0.2) is 150 Å². The summed E-state index contributed by atoms with van der Waals surface area (Å²) >= 11 is 1.75. The van der Waals surface area contributed by atoms with Gasteiger partial charge < -0.3 is 9.15 Å². The van der Waals surface area contributed by atoms with E-state index in [1.807, 2.05) is 12.1 Å². The van der Waals surface area contributed by atoms with E-state index in [0.717, 1.165) is 72.2 Å². The molecular formula is C48H33N3O2S. The molecule has 5 nitrogen and oxygen atoms in total. The molecule has 0 bridgehead atoms. The zero-order valence-corrected chi connectivity index (χ0v) is 30.3. The lowest BCUT2D eigenvalue weighted by atomic mass is 9.80. The first-order valence-corrected chi connectivity index (χ1v) is 19.1. The summed E-state index contributed by atoms with van der Waals surface area (Å²) in [7, 11) is 1.78. The van der Waals surface area contributed by atoms with Crippen LogP contribution in [0.2, 0.25) is 0 Å². The van der Waals surface area contributed by atoms with Gasteiger partial charge in [-0.2, -0.15) is 0 Å². The van der Waals surface area contributed by atoms with Crippen LogP contribution >= 0.6 is 11.3 Å². The van der Waals surface area contributed by atoms with Crippen molar-refractivity contribution >= 4 is 76.8 Å². The molecule has 0 aliphatic heterocycles. The van der Waals surface area contributed by atoms with Crippen molar-refractivity contribution in [3.05, 3.63) is 174 Å². The molecule has 0 radical (unpaired) electrons. The number of thiophene rings is 1. The highest BCUT2D eigenvalue weighted by Gasteiger charge is 2.39. The van der Waals surface area contributed by atoms with Gasteiger partial charge in [0.1, 0.15) is 11.3 Å². The van der Waals surface area contributed by atoms with Crippen LogP contribution in [0.1, 0.15) is 28.1 Å². The average Bonchev–Trinajstić information content (AvgIpc) is 3.96. The minimum Gasteiger partial charge on any atom is -0.455 e. The van der Waals surface area contributed by atoms with Crippen molar-refractivity contribution in [1.29, 1.82) is 0 Å². The van der Waals surface area contributed by atoms with Crippen LogP contribution in [0.4, 0.5) is 0 Å². The highest BCUT2D eigenvalue weighted by molar-refractivity contribution is 7.26. The highest BCUT2D eigenvalue weighted by Crippen LogP contribution is 2.53. The zero-order chi connectivity index (χ0) is 35.9. The zero-order valence-electron chi connectivity index (χ0n) is 29.5. The fraction of sp³-hybridized carbons (Fsp3) is 0.0833. The molecular weight excluding hydrogens is 683 g/mol. The molecule has 0 N–H and O–H groups in total. The summed E-state index contributed by atoms with van der Waals surface area (Å²) in [6, 6.07) is 34.0. The summed E-state index contributed by atoms with van der Waals surface area (Å²) in [5.74, 6) is 1.79. The Hall–Kier alpha value is -6.34. The van der Waals surface area contributed by atoms with Crippen molar-refractivity contribution in [3.8, 4) is 17.2 Å². The Kier molecular flexibility index (Phi) is 6.99. The van der Waals surface area contributed by atoms with Crippen molar-refractivity contribution in [1.82, 2.24) is 14.5 Å². The molecule has 0 saturated heterocycles. The van der Waals surface area contributed by atoms with E-state index in [0.29, 0.717) is 5.95 Å². The van der Waals surface area contributed by atoms with Crippen LogP contribution in [-0.4, -0.2) is 27.7 Å². The van der Waals surface area contributed by atoms with E-state index in [9.17, 15) is 0 Å². The fourth-order valence-corrected chi connectivity index (χ4v) is 9.82. The topological polar surface area (TPSA) is 53.1 Å². The largest absolute Gasteiger partial charge is 0.455 e. The molecule has 2 unspecified atom stereocenters. The first-order chi connectivity index (χ1) is 26.7. The second kappa shape index (κ2) is 12.1.